The van der Waals surface area contributed by atoms with Crippen LogP contribution < -0.4 is 10.7 Å². The Hall–Kier alpha value is -3.25. The molecule has 0 saturated carbocycles. The molecule has 1 aliphatic rings. The van der Waals surface area contributed by atoms with Crippen LogP contribution in [0.1, 0.15) is 55.8 Å². The van der Waals surface area contributed by atoms with Gasteiger partial charge in [0.05, 0.1) is 22.4 Å². The van der Waals surface area contributed by atoms with Crippen LogP contribution in [-0.4, -0.2) is 47.7 Å². The van der Waals surface area contributed by atoms with Gasteiger partial charge in [0.2, 0.25) is 0 Å². The van der Waals surface area contributed by atoms with Crippen molar-refractivity contribution in [3.8, 4) is 0 Å². The molecule has 1 saturated heterocycles. The van der Waals surface area contributed by atoms with Crippen LogP contribution in [-0.2, 0) is 12.7 Å². The first-order valence-corrected chi connectivity index (χ1v) is 13.8. The number of aliphatic hydroxyl groups is 1. The van der Waals surface area contributed by atoms with Crippen LogP contribution in [0.25, 0.3) is 0 Å². The number of piperidine rings is 1. The highest BCUT2D eigenvalue weighted by Gasteiger charge is 2.33. The third kappa shape index (κ3) is 7.48. The summed E-state index contributed by atoms with van der Waals surface area (Å²) in [5.41, 5.74) is 3.67. The van der Waals surface area contributed by atoms with Crippen molar-refractivity contribution >= 4 is 46.0 Å². The fourth-order valence-corrected chi connectivity index (χ4v) is 5.61. The third-order valence-corrected chi connectivity index (χ3v) is 8.01. The molecule has 0 bridgehead atoms. The lowest BCUT2D eigenvalue weighted by molar-refractivity contribution is -0.137. The average Bonchev–Trinajstić information content (AvgIpc) is 3.29. The Morgan fingerprint density at radius 2 is 1.93 bits per heavy atom. The second kappa shape index (κ2) is 12.9. The highest BCUT2D eigenvalue weighted by Crippen LogP contribution is 2.35. The number of carbonyl (C=O) groups is 2. The average molecular weight is 593 g/mol. The summed E-state index contributed by atoms with van der Waals surface area (Å²) in [5, 5.41) is 17.5. The van der Waals surface area contributed by atoms with E-state index in [1.165, 1.54) is 17.4 Å². The van der Waals surface area contributed by atoms with Gasteiger partial charge in [-0.15, -0.1) is 11.3 Å². The third-order valence-electron chi connectivity index (χ3n) is 6.67. The molecule has 1 aliphatic heterocycles. The van der Waals surface area contributed by atoms with E-state index in [1.807, 2.05) is 18.2 Å². The van der Waals surface area contributed by atoms with Gasteiger partial charge in [-0.1, -0.05) is 29.8 Å². The molecule has 0 aliphatic carbocycles. The molecule has 7 nitrogen and oxygen atoms in total. The van der Waals surface area contributed by atoms with E-state index >= 15 is 0 Å². The predicted molar refractivity (Wildman–Crippen MR) is 150 cm³/mol. The molecule has 1 fully saturated rings. The Kier molecular flexibility index (Phi) is 9.62. The molecule has 2 amide bonds. The number of nitrogens with one attached hydrogen (secondary N) is 2. The molecule has 40 heavy (non-hydrogen) atoms. The van der Waals surface area contributed by atoms with Gasteiger partial charge in [0.15, 0.2) is 0 Å². The zero-order valence-electron chi connectivity index (χ0n) is 21.6. The van der Waals surface area contributed by atoms with Crippen molar-refractivity contribution < 1.29 is 27.9 Å². The molecular formula is C28H28ClF3N4O3S. The van der Waals surface area contributed by atoms with Gasteiger partial charge in [-0.05, 0) is 85.1 Å². The summed E-state index contributed by atoms with van der Waals surface area (Å²) in [6.45, 7) is 4.39. The quantitative estimate of drug-likeness (QED) is 0.223. The maximum Gasteiger partial charge on any atom is 0.417 e. The van der Waals surface area contributed by atoms with E-state index in [2.05, 4.69) is 20.7 Å². The number of hydrogen-bond acceptors (Lipinski definition) is 6. The van der Waals surface area contributed by atoms with E-state index in [0.29, 0.717) is 28.6 Å². The number of nitrogens with zero attached hydrogens (tertiary/aromatic N) is 2. The molecule has 0 unspecified atom stereocenters. The van der Waals surface area contributed by atoms with Gasteiger partial charge in [-0.3, -0.25) is 14.5 Å². The van der Waals surface area contributed by atoms with Gasteiger partial charge < -0.3 is 10.4 Å². The minimum Gasteiger partial charge on any atom is -0.396 e. The number of hydrazone groups is 1. The predicted octanol–water partition coefficient (Wildman–Crippen LogP) is 5.95. The molecule has 1 aromatic heterocycles. The molecule has 0 atom stereocenters. The van der Waals surface area contributed by atoms with Crippen LogP contribution in [0.15, 0.2) is 52.9 Å². The van der Waals surface area contributed by atoms with E-state index in [1.54, 1.807) is 18.4 Å². The summed E-state index contributed by atoms with van der Waals surface area (Å²) in [5.74, 6) is -0.643. The summed E-state index contributed by atoms with van der Waals surface area (Å²) in [6, 6.07) is 10.6. The topological polar surface area (TPSA) is 94.0 Å². The monoisotopic (exact) mass is 592 g/mol. The molecular weight excluding hydrogens is 565 g/mol. The van der Waals surface area contributed by atoms with Crippen LogP contribution in [0.4, 0.5) is 18.2 Å². The van der Waals surface area contributed by atoms with Crippen molar-refractivity contribution in [1.82, 2.24) is 10.3 Å². The zero-order chi connectivity index (χ0) is 28.9. The van der Waals surface area contributed by atoms with Crippen molar-refractivity contribution in [2.75, 3.05) is 25.0 Å². The van der Waals surface area contributed by atoms with Crippen LogP contribution in [0.2, 0.25) is 5.02 Å². The minimum atomic E-state index is -4.62. The number of rotatable bonds is 8. The summed E-state index contributed by atoms with van der Waals surface area (Å²) < 4.78 is 39.3. The van der Waals surface area contributed by atoms with Gasteiger partial charge >= 0.3 is 6.18 Å². The molecule has 2 aromatic carbocycles. The van der Waals surface area contributed by atoms with Crippen LogP contribution in [0.3, 0.4) is 0 Å². The molecule has 3 aromatic rings. The second-order valence-corrected chi connectivity index (χ2v) is 10.9. The maximum atomic E-state index is 13.1. The number of aliphatic hydroxyl groups excluding tert-OH is 1. The second-order valence-electron chi connectivity index (χ2n) is 9.62. The van der Waals surface area contributed by atoms with E-state index in [-0.39, 0.29) is 23.6 Å². The van der Waals surface area contributed by atoms with Crippen LogP contribution in [0, 0.1) is 12.8 Å². The van der Waals surface area contributed by atoms with E-state index in [0.717, 1.165) is 49.8 Å². The standard InChI is InChI=1S/C28H28ClF3N4O3S/c1-17-16-40-27(24(17)26(39)35-33-13-19-5-6-23(29)22(12-19)28(30,31)32)34-25(38)21-4-2-3-20(11-21)14-36-9-7-18(15-37)8-10-36/h2-6,11-13,16,18,37H,7-10,14-15H2,1H3,(H,34,38)(H,35,39)/b33-13-. The summed E-state index contributed by atoms with van der Waals surface area (Å²) >= 11 is 6.82. The molecule has 0 radical (unpaired) electrons. The summed E-state index contributed by atoms with van der Waals surface area (Å²) in [7, 11) is 0. The first-order valence-electron chi connectivity index (χ1n) is 12.6. The Labute approximate surface area is 238 Å². The minimum absolute atomic E-state index is 0.102. The van der Waals surface area contributed by atoms with E-state index in [9.17, 15) is 27.9 Å². The van der Waals surface area contributed by atoms with Crippen molar-refractivity contribution in [3.05, 3.63) is 86.2 Å². The molecule has 2 heterocycles. The SMILES string of the molecule is Cc1csc(NC(=O)c2cccc(CN3CCC(CO)CC3)c2)c1C(=O)N/N=C\c1ccc(Cl)c(C(F)(F)F)c1. The van der Waals surface area contributed by atoms with Gasteiger partial charge in [0, 0.05) is 18.7 Å². The van der Waals surface area contributed by atoms with Crippen molar-refractivity contribution in [1.29, 1.82) is 0 Å². The summed E-state index contributed by atoms with van der Waals surface area (Å²) in [4.78, 5) is 28.2. The fourth-order valence-electron chi connectivity index (χ4n) is 4.45. The van der Waals surface area contributed by atoms with Crippen molar-refractivity contribution in [3.63, 3.8) is 0 Å². The molecule has 12 heteroatoms. The number of anilines is 1. The Bertz CT molecular complexity index is 1400. The van der Waals surface area contributed by atoms with Gasteiger partial charge in [-0.2, -0.15) is 18.3 Å². The van der Waals surface area contributed by atoms with Gasteiger partial charge in [0.25, 0.3) is 11.8 Å². The number of likely N-dealkylation sites (tertiary alicyclic amines) is 1. The van der Waals surface area contributed by atoms with Crippen molar-refractivity contribution in [2.24, 2.45) is 11.0 Å². The smallest absolute Gasteiger partial charge is 0.396 e. The number of amides is 2. The first-order chi connectivity index (χ1) is 19.0. The number of aryl methyl sites for hydroxylation is 1. The zero-order valence-corrected chi connectivity index (χ0v) is 23.2. The number of alkyl halides is 3. The van der Waals surface area contributed by atoms with Gasteiger partial charge in [0.1, 0.15) is 5.00 Å². The number of benzene rings is 2. The van der Waals surface area contributed by atoms with Crippen molar-refractivity contribution in [2.45, 2.75) is 32.5 Å². The first kappa shape index (κ1) is 29.7. The number of carbonyl (C=O) groups excluding carboxylic acids is 2. The van der Waals surface area contributed by atoms with Crippen LogP contribution >= 0.6 is 22.9 Å². The lowest BCUT2D eigenvalue weighted by atomic mass is 9.97. The molecule has 212 valence electrons. The lowest BCUT2D eigenvalue weighted by Gasteiger charge is -2.31. The maximum absolute atomic E-state index is 13.1. The Morgan fingerprint density at radius 3 is 2.62 bits per heavy atom. The normalized spacial score (nSPS) is 14.9. The number of hydrogen-bond donors (Lipinski definition) is 3. The number of halogens is 4. The van der Waals surface area contributed by atoms with E-state index in [4.69, 9.17) is 11.6 Å². The fraction of sp³-hybridized carbons (Fsp3) is 0.321. The molecule has 3 N–H and O–H groups in total. The molecule has 4 rings (SSSR count). The summed E-state index contributed by atoms with van der Waals surface area (Å²) in [6.07, 6.45) is -1.65. The number of thiophene rings is 1. The van der Waals surface area contributed by atoms with Crippen LogP contribution in [0.5, 0.6) is 0 Å². The highest BCUT2D eigenvalue weighted by molar-refractivity contribution is 7.15. The highest BCUT2D eigenvalue weighted by atomic mass is 35.5. The Balaban J connectivity index is 1.40. The van der Waals surface area contributed by atoms with E-state index < -0.39 is 22.7 Å². The largest absolute Gasteiger partial charge is 0.417 e. The van der Waals surface area contributed by atoms with Gasteiger partial charge in [-0.25, -0.2) is 5.43 Å². The lowest BCUT2D eigenvalue weighted by Crippen LogP contribution is -2.34. The molecule has 0 spiro atoms. The Morgan fingerprint density at radius 1 is 1.18 bits per heavy atom.